The normalized spacial score (nSPS) is 11.1. The van der Waals surface area contributed by atoms with E-state index in [1.54, 1.807) is 12.1 Å². The van der Waals surface area contributed by atoms with Gasteiger partial charge in [-0.1, -0.05) is 54.1 Å². The Balaban J connectivity index is 1.61. The molecule has 0 aliphatic carbocycles. The highest BCUT2D eigenvalue weighted by Gasteiger charge is 2.10. The van der Waals surface area contributed by atoms with E-state index in [0.29, 0.717) is 55.4 Å². The maximum absolute atomic E-state index is 12.1. The van der Waals surface area contributed by atoms with Gasteiger partial charge in [-0.05, 0) is 49.7 Å². The molecule has 0 unspecified atom stereocenters. The summed E-state index contributed by atoms with van der Waals surface area (Å²) in [6.45, 7) is 3.84. The third-order valence-electron chi connectivity index (χ3n) is 5.12. The summed E-state index contributed by atoms with van der Waals surface area (Å²) in [6.07, 6.45) is 0.989. The Bertz CT molecular complexity index is 1130. The van der Waals surface area contributed by atoms with E-state index in [4.69, 9.17) is 21.3 Å². The van der Waals surface area contributed by atoms with Gasteiger partial charge in [-0.15, -0.1) is 0 Å². The number of benzene rings is 3. The summed E-state index contributed by atoms with van der Waals surface area (Å²) in [5, 5.41) is 6.34. The van der Waals surface area contributed by atoms with Crippen LogP contribution in [0.2, 0.25) is 5.02 Å². The van der Waals surface area contributed by atoms with Crippen molar-refractivity contribution in [2.75, 3.05) is 26.2 Å². The van der Waals surface area contributed by atoms with Gasteiger partial charge in [0.25, 0.3) is 5.91 Å². The third-order valence-corrected chi connectivity index (χ3v) is 5.37. The number of ether oxygens (including phenoxy) is 1. The standard InChI is InChI=1S/C28H30ClN3O3/c1-2-30-26(33)16-18-31-27(21-12-14-24(29)15-13-21)23-10-6-11-25(20-23)35-19-7-17-32-28(34)22-8-4-3-5-9-22/h3-6,8-15,20H,2,7,16-19H2,1H3,(H,30,33)(H,32,34)/b31-27-. The van der Waals surface area contributed by atoms with Crippen LogP contribution in [0.4, 0.5) is 0 Å². The van der Waals surface area contributed by atoms with Gasteiger partial charge in [0.15, 0.2) is 0 Å². The van der Waals surface area contributed by atoms with E-state index < -0.39 is 0 Å². The first kappa shape index (κ1) is 26.0. The largest absolute Gasteiger partial charge is 0.494 e. The average molecular weight is 492 g/mol. The molecule has 0 aliphatic rings. The molecule has 3 rings (SSSR count). The van der Waals surface area contributed by atoms with Crippen LogP contribution in [-0.4, -0.2) is 43.8 Å². The van der Waals surface area contributed by atoms with Crippen molar-refractivity contribution < 1.29 is 14.3 Å². The second-order valence-corrected chi connectivity index (χ2v) is 8.23. The summed E-state index contributed by atoms with van der Waals surface area (Å²) in [7, 11) is 0. The highest BCUT2D eigenvalue weighted by molar-refractivity contribution is 6.30. The van der Waals surface area contributed by atoms with Crippen molar-refractivity contribution in [2.24, 2.45) is 4.99 Å². The van der Waals surface area contributed by atoms with Gasteiger partial charge in [0.1, 0.15) is 5.75 Å². The average Bonchev–Trinajstić information content (AvgIpc) is 2.88. The molecule has 0 saturated heterocycles. The van der Waals surface area contributed by atoms with Crippen molar-refractivity contribution in [1.82, 2.24) is 10.6 Å². The van der Waals surface area contributed by atoms with Crippen LogP contribution in [0.25, 0.3) is 0 Å². The minimum atomic E-state index is -0.0935. The molecule has 2 amide bonds. The lowest BCUT2D eigenvalue weighted by molar-refractivity contribution is -0.120. The van der Waals surface area contributed by atoms with Gasteiger partial charge in [0.2, 0.25) is 5.91 Å². The predicted molar refractivity (Wildman–Crippen MR) is 141 cm³/mol. The van der Waals surface area contributed by atoms with Crippen LogP contribution in [-0.2, 0) is 4.79 Å². The Morgan fingerprint density at radius 2 is 1.63 bits per heavy atom. The summed E-state index contributed by atoms with van der Waals surface area (Å²) < 4.78 is 5.92. The smallest absolute Gasteiger partial charge is 0.251 e. The SMILES string of the molecule is CCNC(=O)CC/N=C(/c1ccc(Cl)cc1)c1cccc(OCCCNC(=O)c2ccccc2)c1. The van der Waals surface area contributed by atoms with Crippen molar-refractivity contribution in [3.05, 3.63) is 101 Å². The maximum Gasteiger partial charge on any atom is 0.251 e. The minimum Gasteiger partial charge on any atom is -0.494 e. The van der Waals surface area contributed by atoms with E-state index in [1.807, 2.05) is 73.7 Å². The molecule has 0 fully saturated rings. The molecule has 0 bridgehead atoms. The molecule has 3 aromatic rings. The zero-order valence-electron chi connectivity index (χ0n) is 19.8. The van der Waals surface area contributed by atoms with Crippen LogP contribution in [0.5, 0.6) is 5.75 Å². The fourth-order valence-corrected chi connectivity index (χ4v) is 3.53. The number of hydrogen-bond donors (Lipinski definition) is 2. The minimum absolute atomic E-state index is 0.0249. The monoisotopic (exact) mass is 491 g/mol. The molecule has 0 atom stereocenters. The number of hydrogen-bond acceptors (Lipinski definition) is 4. The molecular formula is C28H30ClN3O3. The van der Waals surface area contributed by atoms with E-state index in [9.17, 15) is 9.59 Å². The molecule has 0 heterocycles. The van der Waals surface area contributed by atoms with Crippen LogP contribution in [0.15, 0.2) is 83.9 Å². The Hall–Kier alpha value is -3.64. The van der Waals surface area contributed by atoms with Crippen LogP contribution in [0.1, 0.15) is 41.3 Å². The lowest BCUT2D eigenvalue weighted by Crippen LogP contribution is -2.25. The number of nitrogens with one attached hydrogen (secondary N) is 2. The molecule has 182 valence electrons. The molecule has 2 N–H and O–H groups in total. The second-order valence-electron chi connectivity index (χ2n) is 7.79. The zero-order chi connectivity index (χ0) is 24.9. The summed E-state index contributed by atoms with van der Waals surface area (Å²) in [6, 6.07) is 24.3. The van der Waals surface area contributed by atoms with E-state index in [1.165, 1.54) is 0 Å². The highest BCUT2D eigenvalue weighted by atomic mass is 35.5. The molecule has 6 nitrogen and oxygen atoms in total. The number of nitrogens with zero attached hydrogens (tertiary/aromatic N) is 1. The topological polar surface area (TPSA) is 79.8 Å². The number of carbonyl (C=O) groups is 2. The number of amides is 2. The zero-order valence-corrected chi connectivity index (χ0v) is 20.6. The Labute approximate surface area is 211 Å². The van der Waals surface area contributed by atoms with E-state index >= 15 is 0 Å². The van der Waals surface area contributed by atoms with Crippen molar-refractivity contribution in [3.63, 3.8) is 0 Å². The van der Waals surface area contributed by atoms with E-state index in [-0.39, 0.29) is 11.8 Å². The van der Waals surface area contributed by atoms with Crippen LogP contribution in [0, 0.1) is 0 Å². The lowest BCUT2D eigenvalue weighted by Gasteiger charge is -2.12. The number of halogens is 1. The summed E-state index contributed by atoms with van der Waals surface area (Å²) in [4.78, 5) is 28.7. The molecular weight excluding hydrogens is 462 g/mol. The quantitative estimate of drug-likeness (QED) is 0.279. The molecule has 0 aliphatic heterocycles. The predicted octanol–water partition coefficient (Wildman–Crippen LogP) is 4.90. The van der Waals surface area contributed by atoms with Gasteiger partial charge in [-0.3, -0.25) is 14.6 Å². The van der Waals surface area contributed by atoms with Crippen LogP contribution >= 0.6 is 11.6 Å². The van der Waals surface area contributed by atoms with Gasteiger partial charge in [0, 0.05) is 47.8 Å². The molecule has 35 heavy (non-hydrogen) atoms. The number of aliphatic imine (C=N–C) groups is 1. The van der Waals surface area contributed by atoms with E-state index in [2.05, 4.69) is 10.6 Å². The Morgan fingerprint density at radius 1 is 0.886 bits per heavy atom. The Kier molecular flexibility index (Phi) is 10.3. The molecule has 7 heteroatoms. The van der Waals surface area contributed by atoms with E-state index in [0.717, 1.165) is 16.8 Å². The first-order valence-corrected chi connectivity index (χ1v) is 12.1. The van der Waals surface area contributed by atoms with Crippen LogP contribution in [0.3, 0.4) is 0 Å². The van der Waals surface area contributed by atoms with Crippen molar-refractivity contribution >= 4 is 29.1 Å². The third kappa shape index (κ3) is 8.58. The number of rotatable bonds is 12. The molecule has 0 aromatic heterocycles. The first-order valence-electron chi connectivity index (χ1n) is 11.7. The Morgan fingerprint density at radius 3 is 2.37 bits per heavy atom. The summed E-state index contributed by atoms with van der Waals surface area (Å²) in [5.41, 5.74) is 3.21. The van der Waals surface area contributed by atoms with Gasteiger partial charge in [-0.25, -0.2) is 0 Å². The van der Waals surface area contributed by atoms with Crippen molar-refractivity contribution in [2.45, 2.75) is 19.8 Å². The van der Waals surface area contributed by atoms with Crippen LogP contribution < -0.4 is 15.4 Å². The van der Waals surface area contributed by atoms with Gasteiger partial charge >= 0.3 is 0 Å². The molecule has 3 aromatic carbocycles. The van der Waals surface area contributed by atoms with Gasteiger partial charge in [-0.2, -0.15) is 0 Å². The molecule has 0 saturated carbocycles. The van der Waals surface area contributed by atoms with Crippen molar-refractivity contribution in [3.8, 4) is 5.75 Å². The fourth-order valence-electron chi connectivity index (χ4n) is 3.40. The van der Waals surface area contributed by atoms with Gasteiger partial charge < -0.3 is 15.4 Å². The second kappa shape index (κ2) is 13.9. The summed E-state index contributed by atoms with van der Waals surface area (Å²) >= 11 is 6.07. The number of carbonyl (C=O) groups excluding carboxylic acids is 2. The lowest BCUT2D eigenvalue weighted by atomic mass is 10.0. The molecule has 0 radical (unpaired) electrons. The fraction of sp³-hybridized carbons (Fsp3) is 0.250. The van der Waals surface area contributed by atoms with Gasteiger partial charge in [0.05, 0.1) is 12.3 Å². The van der Waals surface area contributed by atoms with Crippen molar-refractivity contribution in [1.29, 1.82) is 0 Å². The molecule has 0 spiro atoms. The maximum atomic E-state index is 12.1. The highest BCUT2D eigenvalue weighted by Crippen LogP contribution is 2.19. The summed E-state index contributed by atoms with van der Waals surface area (Å²) in [5.74, 6) is 0.592. The first-order chi connectivity index (χ1) is 17.1.